The van der Waals surface area contributed by atoms with Gasteiger partial charge in [0.25, 0.3) is 0 Å². The summed E-state index contributed by atoms with van der Waals surface area (Å²) < 4.78 is 11.2. The molecule has 2 fully saturated rings. The molecule has 0 N–H and O–H groups in total. The summed E-state index contributed by atoms with van der Waals surface area (Å²) >= 11 is 0. The molecule has 0 bridgehead atoms. The maximum atomic E-state index is 12.7. The van der Waals surface area contributed by atoms with Crippen molar-refractivity contribution in [1.29, 1.82) is 0 Å². The minimum Gasteiger partial charge on any atom is -0.444 e. The fraction of sp³-hybridized carbons (Fsp3) is 0.458. The summed E-state index contributed by atoms with van der Waals surface area (Å²) in [6.45, 7) is 5.14. The molecule has 29 heavy (non-hydrogen) atoms. The number of cyclic esters (lactones) is 1. The summed E-state index contributed by atoms with van der Waals surface area (Å²) in [5.41, 5.74) is 2.47. The van der Waals surface area contributed by atoms with E-state index in [0.29, 0.717) is 6.54 Å². The van der Waals surface area contributed by atoms with Gasteiger partial charge < -0.3 is 9.47 Å². The minimum absolute atomic E-state index is 0.0442. The van der Waals surface area contributed by atoms with Crippen LogP contribution in [-0.4, -0.2) is 61.4 Å². The molecule has 154 valence electrons. The predicted molar refractivity (Wildman–Crippen MR) is 113 cm³/mol. The predicted octanol–water partition coefficient (Wildman–Crippen LogP) is 3.90. The molecule has 4 rings (SSSR count). The van der Waals surface area contributed by atoms with Crippen molar-refractivity contribution >= 4 is 6.09 Å². The van der Waals surface area contributed by atoms with Crippen LogP contribution >= 0.6 is 0 Å². The van der Waals surface area contributed by atoms with E-state index in [4.69, 9.17) is 9.47 Å². The highest BCUT2D eigenvalue weighted by atomic mass is 16.6. The smallest absolute Gasteiger partial charge is 0.410 e. The molecular formula is C24H30N2O3. The molecule has 1 amide bonds. The molecule has 0 spiro atoms. The lowest BCUT2D eigenvalue weighted by molar-refractivity contribution is 0.0341. The number of hydrogen-bond donors (Lipinski definition) is 0. The molecule has 2 atom stereocenters. The Bertz CT molecular complexity index is 762. The number of hydrogen-bond acceptors (Lipinski definition) is 4. The Hall–Kier alpha value is -2.37. The van der Waals surface area contributed by atoms with Gasteiger partial charge in [-0.2, -0.15) is 0 Å². The van der Waals surface area contributed by atoms with Gasteiger partial charge in [-0.3, -0.25) is 9.80 Å². The number of amides is 1. The summed E-state index contributed by atoms with van der Waals surface area (Å²) in [6, 6.07) is 20.8. The van der Waals surface area contributed by atoms with Gasteiger partial charge in [-0.1, -0.05) is 60.7 Å². The second-order valence-electron chi connectivity index (χ2n) is 7.85. The monoisotopic (exact) mass is 394 g/mol. The third-order valence-corrected chi connectivity index (χ3v) is 5.88. The molecule has 2 aliphatic rings. The van der Waals surface area contributed by atoms with E-state index in [9.17, 15) is 4.79 Å². The molecule has 5 nitrogen and oxygen atoms in total. The van der Waals surface area contributed by atoms with Crippen molar-refractivity contribution in [3.8, 4) is 0 Å². The van der Waals surface area contributed by atoms with Crippen molar-refractivity contribution in [2.75, 3.05) is 39.4 Å². The third-order valence-electron chi connectivity index (χ3n) is 5.88. The summed E-state index contributed by atoms with van der Waals surface area (Å²) in [7, 11) is 0. The lowest BCUT2D eigenvalue weighted by Crippen LogP contribution is -2.39. The first-order chi connectivity index (χ1) is 14.3. The maximum Gasteiger partial charge on any atom is 0.410 e. The molecular weight excluding hydrogens is 364 g/mol. The van der Waals surface area contributed by atoms with E-state index < -0.39 is 0 Å². The zero-order chi connectivity index (χ0) is 19.9. The number of rotatable bonds is 8. The van der Waals surface area contributed by atoms with Crippen LogP contribution in [0.1, 0.15) is 30.0 Å². The zero-order valence-corrected chi connectivity index (χ0v) is 16.9. The second-order valence-corrected chi connectivity index (χ2v) is 7.85. The van der Waals surface area contributed by atoms with Gasteiger partial charge in [-0.05, 0) is 30.4 Å². The van der Waals surface area contributed by atoms with Gasteiger partial charge in [-0.25, -0.2) is 4.79 Å². The van der Waals surface area contributed by atoms with Gasteiger partial charge in [0.1, 0.15) is 6.10 Å². The number of carbonyl (C=O) groups is 1. The van der Waals surface area contributed by atoms with Gasteiger partial charge in [0.2, 0.25) is 0 Å². The maximum absolute atomic E-state index is 12.7. The Morgan fingerprint density at radius 3 is 2.38 bits per heavy atom. The molecule has 2 saturated heterocycles. The summed E-state index contributed by atoms with van der Waals surface area (Å²) in [5, 5.41) is 0. The average Bonchev–Trinajstić information content (AvgIpc) is 3.15. The number of morpholine rings is 1. The minimum atomic E-state index is -0.182. The van der Waals surface area contributed by atoms with E-state index in [1.54, 1.807) is 0 Å². The van der Waals surface area contributed by atoms with Crippen molar-refractivity contribution in [1.82, 2.24) is 9.80 Å². The Morgan fingerprint density at radius 2 is 1.66 bits per heavy atom. The van der Waals surface area contributed by atoms with Crippen LogP contribution in [-0.2, 0) is 15.9 Å². The Morgan fingerprint density at radius 1 is 0.966 bits per heavy atom. The molecule has 0 saturated carbocycles. The van der Waals surface area contributed by atoms with E-state index in [-0.39, 0.29) is 18.2 Å². The lowest BCUT2D eigenvalue weighted by atomic mass is 10.0. The first-order valence-corrected chi connectivity index (χ1v) is 10.7. The highest BCUT2D eigenvalue weighted by Gasteiger charge is 2.36. The normalized spacial score (nSPS) is 21.2. The fourth-order valence-electron chi connectivity index (χ4n) is 4.23. The number of benzene rings is 2. The SMILES string of the molecule is O=C1OC(CCc2ccccc2)CN1C(CCN1CCOCC1)c1ccccc1. The van der Waals surface area contributed by atoms with Crippen LogP contribution in [0.3, 0.4) is 0 Å². The number of aryl methyl sites for hydroxylation is 1. The van der Waals surface area contributed by atoms with Gasteiger partial charge >= 0.3 is 6.09 Å². The standard InChI is InChI=1S/C24H30N2O3/c27-24-26(19-22(29-24)12-11-20-7-3-1-4-8-20)23(21-9-5-2-6-10-21)13-14-25-15-17-28-18-16-25/h1-10,22-23H,11-19H2. The average molecular weight is 395 g/mol. The fourth-order valence-corrected chi connectivity index (χ4v) is 4.23. The van der Waals surface area contributed by atoms with Crippen LogP contribution < -0.4 is 0 Å². The van der Waals surface area contributed by atoms with Gasteiger partial charge in [0.05, 0.1) is 25.8 Å². The van der Waals surface area contributed by atoms with E-state index in [0.717, 1.165) is 52.1 Å². The van der Waals surface area contributed by atoms with Gasteiger partial charge in [0.15, 0.2) is 0 Å². The van der Waals surface area contributed by atoms with Crippen LogP contribution in [0.4, 0.5) is 4.79 Å². The van der Waals surface area contributed by atoms with Crippen molar-refractivity contribution in [2.24, 2.45) is 0 Å². The lowest BCUT2D eigenvalue weighted by Gasteiger charge is -2.31. The molecule has 0 radical (unpaired) electrons. The van der Waals surface area contributed by atoms with Crippen molar-refractivity contribution in [3.05, 3.63) is 71.8 Å². The van der Waals surface area contributed by atoms with Crippen LogP contribution in [0.25, 0.3) is 0 Å². The first-order valence-electron chi connectivity index (χ1n) is 10.7. The molecule has 2 aromatic rings. The summed E-state index contributed by atoms with van der Waals surface area (Å²) in [4.78, 5) is 17.1. The van der Waals surface area contributed by atoms with E-state index in [1.165, 1.54) is 11.1 Å². The molecule has 2 aliphatic heterocycles. The topological polar surface area (TPSA) is 42.0 Å². The van der Waals surface area contributed by atoms with Crippen LogP contribution in [0.2, 0.25) is 0 Å². The van der Waals surface area contributed by atoms with E-state index in [1.807, 2.05) is 29.2 Å². The van der Waals surface area contributed by atoms with Gasteiger partial charge in [-0.15, -0.1) is 0 Å². The zero-order valence-electron chi connectivity index (χ0n) is 16.9. The largest absolute Gasteiger partial charge is 0.444 e. The Labute approximate surface area is 173 Å². The number of nitrogens with zero attached hydrogens (tertiary/aromatic N) is 2. The van der Waals surface area contributed by atoms with Crippen LogP contribution in [0.15, 0.2) is 60.7 Å². The van der Waals surface area contributed by atoms with Crippen LogP contribution in [0.5, 0.6) is 0 Å². The molecule has 5 heteroatoms. The number of ether oxygens (including phenoxy) is 2. The van der Waals surface area contributed by atoms with Crippen molar-refractivity contribution < 1.29 is 14.3 Å². The summed E-state index contributed by atoms with van der Waals surface area (Å²) in [5.74, 6) is 0. The molecule has 2 aromatic carbocycles. The molecule has 2 unspecified atom stereocenters. The Balaban J connectivity index is 1.40. The van der Waals surface area contributed by atoms with E-state index in [2.05, 4.69) is 41.3 Å². The van der Waals surface area contributed by atoms with Crippen molar-refractivity contribution in [3.63, 3.8) is 0 Å². The van der Waals surface area contributed by atoms with Crippen molar-refractivity contribution in [2.45, 2.75) is 31.4 Å². The number of carbonyl (C=O) groups excluding carboxylic acids is 1. The molecule has 0 aromatic heterocycles. The highest BCUT2D eigenvalue weighted by Crippen LogP contribution is 2.30. The molecule has 2 heterocycles. The third kappa shape index (κ3) is 5.37. The Kier molecular flexibility index (Phi) is 6.80. The quantitative estimate of drug-likeness (QED) is 0.681. The highest BCUT2D eigenvalue weighted by molar-refractivity contribution is 5.70. The summed E-state index contributed by atoms with van der Waals surface area (Å²) in [6.07, 6.45) is 2.47. The first kappa shape index (κ1) is 19.9. The van der Waals surface area contributed by atoms with E-state index >= 15 is 0 Å². The van der Waals surface area contributed by atoms with Gasteiger partial charge in [0, 0.05) is 19.6 Å². The molecule has 0 aliphatic carbocycles. The van der Waals surface area contributed by atoms with Crippen LogP contribution in [0, 0.1) is 0 Å². The second kappa shape index (κ2) is 9.90.